The van der Waals surface area contributed by atoms with Gasteiger partial charge in [0.1, 0.15) is 17.2 Å². The third-order valence-corrected chi connectivity index (χ3v) is 9.23. The van der Waals surface area contributed by atoms with Gasteiger partial charge in [0.05, 0.1) is 26.9 Å². The van der Waals surface area contributed by atoms with Gasteiger partial charge in [-0.2, -0.15) is 0 Å². The van der Waals surface area contributed by atoms with E-state index in [2.05, 4.69) is 29.2 Å². The van der Waals surface area contributed by atoms with Crippen molar-refractivity contribution in [3.8, 4) is 17.2 Å². The highest BCUT2D eigenvalue weighted by atomic mass is 16.5. The smallest absolute Gasteiger partial charge is 0.253 e. The maximum atomic E-state index is 13.2. The fourth-order valence-electron chi connectivity index (χ4n) is 6.66. The van der Waals surface area contributed by atoms with Crippen LogP contribution in [0, 0.1) is 5.41 Å². The number of ether oxygens (including phenoxy) is 4. The molecule has 0 aromatic heterocycles. The van der Waals surface area contributed by atoms with Gasteiger partial charge in [-0.25, -0.2) is 0 Å². The van der Waals surface area contributed by atoms with Crippen molar-refractivity contribution in [1.29, 1.82) is 0 Å². The van der Waals surface area contributed by atoms with E-state index < -0.39 is 0 Å². The van der Waals surface area contributed by atoms with E-state index in [-0.39, 0.29) is 17.9 Å². The van der Waals surface area contributed by atoms with Crippen LogP contribution in [-0.2, 0) is 22.6 Å². The van der Waals surface area contributed by atoms with Crippen LogP contribution in [0.25, 0.3) is 0 Å². The summed E-state index contributed by atoms with van der Waals surface area (Å²) in [4.78, 5) is 17.5. The minimum absolute atomic E-state index is 0.0357. The largest absolute Gasteiger partial charge is 0.497 e. The van der Waals surface area contributed by atoms with Gasteiger partial charge in [0.25, 0.3) is 5.91 Å². The van der Waals surface area contributed by atoms with E-state index in [4.69, 9.17) is 18.9 Å². The molecule has 0 bridgehead atoms. The number of hydrogen-bond donors (Lipinski definition) is 1. The summed E-state index contributed by atoms with van der Waals surface area (Å²) in [5, 5.41) is 10.2. The van der Waals surface area contributed by atoms with Crippen LogP contribution in [0.15, 0.2) is 66.7 Å². The summed E-state index contributed by atoms with van der Waals surface area (Å²) in [7, 11) is 5.19. The number of nitrogens with zero attached hydrogens (tertiary/aromatic N) is 2. The Kier molecular flexibility index (Phi) is 10.9. The van der Waals surface area contributed by atoms with E-state index in [1.165, 1.54) is 11.1 Å². The lowest BCUT2D eigenvalue weighted by molar-refractivity contribution is -0.0169. The molecule has 1 saturated heterocycles. The molecular formula is C36H46N2O6. The summed E-state index contributed by atoms with van der Waals surface area (Å²) in [6, 6.07) is 21.6. The molecule has 8 nitrogen and oxygen atoms in total. The predicted octanol–water partition coefficient (Wildman–Crippen LogP) is 5.87. The van der Waals surface area contributed by atoms with Crippen LogP contribution in [0.5, 0.6) is 17.2 Å². The summed E-state index contributed by atoms with van der Waals surface area (Å²) >= 11 is 0. The van der Waals surface area contributed by atoms with Crippen LogP contribution >= 0.6 is 0 Å². The van der Waals surface area contributed by atoms with Gasteiger partial charge in [0, 0.05) is 63.5 Å². The number of carbonyl (C=O) groups is 1. The van der Waals surface area contributed by atoms with E-state index in [0.29, 0.717) is 49.3 Å². The zero-order valence-corrected chi connectivity index (χ0v) is 26.3. The number of aliphatic hydroxyl groups is 1. The van der Waals surface area contributed by atoms with Gasteiger partial charge in [0.2, 0.25) is 0 Å². The molecule has 1 amide bonds. The molecule has 44 heavy (non-hydrogen) atoms. The molecule has 2 aliphatic rings. The summed E-state index contributed by atoms with van der Waals surface area (Å²) in [6.07, 6.45) is 4.23. The Bertz CT molecular complexity index is 1340. The highest BCUT2D eigenvalue weighted by Crippen LogP contribution is 2.44. The highest BCUT2D eigenvalue weighted by Gasteiger charge is 2.36. The molecule has 0 radical (unpaired) electrons. The van der Waals surface area contributed by atoms with Crippen molar-refractivity contribution in [2.75, 3.05) is 60.7 Å². The lowest BCUT2D eigenvalue weighted by Gasteiger charge is -2.39. The molecule has 2 fully saturated rings. The average Bonchev–Trinajstić information content (AvgIpc) is 3.06. The minimum Gasteiger partial charge on any atom is -0.497 e. The number of amides is 1. The quantitative estimate of drug-likeness (QED) is 0.278. The number of methoxy groups -OCH3 is 3. The first-order valence-electron chi connectivity index (χ1n) is 15.6. The average molecular weight is 603 g/mol. The first-order chi connectivity index (χ1) is 21.5. The monoisotopic (exact) mass is 602 g/mol. The van der Waals surface area contributed by atoms with Crippen molar-refractivity contribution < 1.29 is 28.8 Å². The Balaban J connectivity index is 1.14. The molecule has 8 heteroatoms. The SMILES string of the molecule is COCC1(COC)CCC(c2ccc(Oc3ccc(C(=O)N4CCN(Cc5ccc(OC)cc5)CC4)cc3)c(CO)c2)CC1. The van der Waals surface area contributed by atoms with Crippen molar-refractivity contribution in [3.63, 3.8) is 0 Å². The van der Waals surface area contributed by atoms with Crippen LogP contribution in [0.2, 0.25) is 0 Å². The lowest BCUT2D eigenvalue weighted by atomic mass is 9.69. The molecule has 1 heterocycles. The summed E-state index contributed by atoms with van der Waals surface area (Å²) in [5.41, 5.74) is 3.97. The molecule has 0 spiro atoms. The molecule has 1 N–H and O–H groups in total. The second-order valence-electron chi connectivity index (χ2n) is 12.2. The molecule has 236 valence electrons. The van der Waals surface area contributed by atoms with Gasteiger partial charge in [-0.05, 0) is 91.3 Å². The molecule has 0 unspecified atom stereocenters. The number of benzene rings is 3. The molecule has 5 rings (SSSR count). The van der Waals surface area contributed by atoms with Crippen LogP contribution in [0.1, 0.15) is 58.6 Å². The number of carbonyl (C=O) groups excluding carboxylic acids is 1. The minimum atomic E-state index is -0.103. The normalized spacial score (nSPS) is 17.4. The Morgan fingerprint density at radius 3 is 2.07 bits per heavy atom. The van der Waals surface area contributed by atoms with Gasteiger partial charge in [-0.15, -0.1) is 0 Å². The number of hydrogen-bond acceptors (Lipinski definition) is 7. The van der Waals surface area contributed by atoms with Gasteiger partial charge >= 0.3 is 0 Å². The van der Waals surface area contributed by atoms with Gasteiger partial charge in [-0.1, -0.05) is 18.2 Å². The maximum Gasteiger partial charge on any atom is 0.253 e. The maximum absolute atomic E-state index is 13.2. The van der Waals surface area contributed by atoms with Crippen LogP contribution < -0.4 is 9.47 Å². The number of aliphatic hydroxyl groups excluding tert-OH is 1. The molecule has 3 aromatic carbocycles. The zero-order valence-electron chi connectivity index (χ0n) is 26.3. The molecule has 3 aromatic rings. The Labute approximate surface area is 261 Å². The Hall–Kier alpha value is -3.43. The third kappa shape index (κ3) is 7.80. The van der Waals surface area contributed by atoms with E-state index in [0.717, 1.165) is 56.6 Å². The molecule has 0 atom stereocenters. The van der Waals surface area contributed by atoms with Crippen molar-refractivity contribution in [1.82, 2.24) is 9.80 Å². The van der Waals surface area contributed by atoms with Crippen molar-refractivity contribution in [3.05, 3.63) is 89.0 Å². The predicted molar refractivity (Wildman–Crippen MR) is 170 cm³/mol. The fraction of sp³-hybridized carbons (Fsp3) is 0.472. The van der Waals surface area contributed by atoms with Crippen LogP contribution in [-0.4, -0.2) is 81.5 Å². The van der Waals surface area contributed by atoms with Gasteiger partial charge in [0.15, 0.2) is 0 Å². The van der Waals surface area contributed by atoms with E-state index in [1.807, 2.05) is 47.4 Å². The van der Waals surface area contributed by atoms with Gasteiger partial charge in [-0.3, -0.25) is 9.69 Å². The number of rotatable bonds is 12. The first kappa shape index (κ1) is 32.0. The van der Waals surface area contributed by atoms with E-state index in [1.54, 1.807) is 21.3 Å². The van der Waals surface area contributed by atoms with Crippen LogP contribution in [0.4, 0.5) is 0 Å². The summed E-state index contributed by atoms with van der Waals surface area (Å²) < 4.78 is 22.4. The summed E-state index contributed by atoms with van der Waals surface area (Å²) in [6.45, 7) is 5.25. The standard InChI is InChI=1S/C36H46N2O6/c1-41-25-36(26-42-2)16-14-28(15-17-36)30-8-13-34(31(22-30)24-39)44-33-11-6-29(7-12-33)35(40)38-20-18-37(19-21-38)23-27-4-9-32(43-3)10-5-27/h4-13,22,28,39H,14-21,23-26H2,1-3H3. The van der Waals surface area contributed by atoms with E-state index in [9.17, 15) is 9.90 Å². The first-order valence-corrected chi connectivity index (χ1v) is 15.6. The molecular weight excluding hydrogens is 556 g/mol. The van der Waals surface area contributed by atoms with Crippen LogP contribution in [0.3, 0.4) is 0 Å². The Morgan fingerprint density at radius 1 is 0.841 bits per heavy atom. The van der Waals surface area contributed by atoms with Gasteiger partial charge < -0.3 is 29.0 Å². The van der Waals surface area contributed by atoms with E-state index >= 15 is 0 Å². The topological polar surface area (TPSA) is 80.7 Å². The molecule has 1 saturated carbocycles. The second-order valence-corrected chi connectivity index (χ2v) is 12.2. The number of piperazine rings is 1. The van der Waals surface area contributed by atoms with Crippen molar-refractivity contribution >= 4 is 5.91 Å². The molecule has 1 aliphatic carbocycles. The fourth-order valence-corrected chi connectivity index (χ4v) is 6.66. The summed E-state index contributed by atoms with van der Waals surface area (Å²) in [5.74, 6) is 2.59. The lowest BCUT2D eigenvalue weighted by Crippen LogP contribution is -2.48. The van der Waals surface area contributed by atoms with Crippen molar-refractivity contribution in [2.24, 2.45) is 5.41 Å². The van der Waals surface area contributed by atoms with Crippen molar-refractivity contribution in [2.45, 2.75) is 44.8 Å². The third-order valence-electron chi connectivity index (χ3n) is 9.23. The highest BCUT2D eigenvalue weighted by molar-refractivity contribution is 5.94. The molecule has 1 aliphatic heterocycles. The second kappa shape index (κ2) is 15.0. The zero-order chi connectivity index (χ0) is 30.9. The Morgan fingerprint density at radius 2 is 1.48 bits per heavy atom.